The number of hydrogen-bond donors (Lipinski definition) is 0. The first-order valence-corrected chi connectivity index (χ1v) is 10.7. The fourth-order valence-electron chi connectivity index (χ4n) is 3.35. The second-order valence-electron chi connectivity index (χ2n) is 7.20. The van der Waals surface area contributed by atoms with Crippen LogP contribution in [0.25, 0.3) is 10.2 Å². The van der Waals surface area contributed by atoms with Crippen molar-refractivity contribution in [1.29, 1.82) is 0 Å². The monoisotopic (exact) mass is 434 g/mol. The highest BCUT2D eigenvalue weighted by atomic mass is 32.1. The minimum absolute atomic E-state index is 0.117. The van der Waals surface area contributed by atoms with Crippen LogP contribution in [0.15, 0.2) is 65.7 Å². The minimum atomic E-state index is -0.471. The number of aryl methyl sites for hydroxylation is 2. The SMILES string of the molecule is Cc1cccc(Cn2cnc3sc(C(=O)OCCOc4ccccc4)c(C)c3c2=O)c1. The van der Waals surface area contributed by atoms with Crippen molar-refractivity contribution in [2.45, 2.75) is 20.4 Å². The maximum Gasteiger partial charge on any atom is 0.348 e. The Kier molecular flexibility index (Phi) is 6.13. The van der Waals surface area contributed by atoms with Gasteiger partial charge in [-0.05, 0) is 37.1 Å². The molecular formula is C24H22N2O4S. The second kappa shape index (κ2) is 9.14. The van der Waals surface area contributed by atoms with E-state index in [2.05, 4.69) is 4.98 Å². The molecule has 0 amide bonds. The average molecular weight is 435 g/mol. The highest BCUT2D eigenvalue weighted by Crippen LogP contribution is 2.27. The van der Waals surface area contributed by atoms with E-state index in [0.29, 0.717) is 27.2 Å². The zero-order chi connectivity index (χ0) is 21.8. The van der Waals surface area contributed by atoms with Gasteiger partial charge in [-0.2, -0.15) is 0 Å². The lowest BCUT2D eigenvalue weighted by atomic mass is 10.1. The molecule has 7 heteroatoms. The molecule has 2 heterocycles. The number of esters is 1. The summed E-state index contributed by atoms with van der Waals surface area (Å²) in [6, 6.07) is 17.3. The predicted octanol–water partition coefficient (Wildman–Crippen LogP) is 4.36. The maximum absolute atomic E-state index is 13.0. The number of benzene rings is 2. The minimum Gasteiger partial charge on any atom is -0.490 e. The molecule has 0 unspecified atom stereocenters. The maximum atomic E-state index is 13.0. The number of para-hydroxylation sites is 1. The summed E-state index contributed by atoms with van der Waals surface area (Å²) in [6.07, 6.45) is 1.53. The molecule has 0 fully saturated rings. The van der Waals surface area contributed by atoms with Crippen molar-refractivity contribution in [2.75, 3.05) is 13.2 Å². The van der Waals surface area contributed by atoms with Gasteiger partial charge in [0.2, 0.25) is 0 Å². The van der Waals surface area contributed by atoms with Crippen molar-refractivity contribution in [3.63, 3.8) is 0 Å². The van der Waals surface area contributed by atoms with Crippen LogP contribution in [0.2, 0.25) is 0 Å². The first-order chi connectivity index (χ1) is 15.0. The number of carbonyl (C=O) groups excluding carboxylic acids is 1. The van der Waals surface area contributed by atoms with Crippen molar-refractivity contribution < 1.29 is 14.3 Å². The van der Waals surface area contributed by atoms with E-state index in [1.54, 1.807) is 11.5 Å². The number of ether oxygens (including phenoxy) is 2. The normalized spacial score (nSPS) is 10.9. The van der Waals surface area contributed by atoms with E-state index < -0.39 is 5.97 Å². The van der Waals surface area contributed by atoms with Crippen molar-refractivity contribution in [3.05, 3.63) is 92.8 Å². The summed E-state index contributed by atoms with van der Waals surface area (Å²) in [7, 11) is 0. The van der Waals surface area contributed by atoms with Gasteiger partial charge in [0.15, 0.2) is 0 Å². The standard InChI is InChI=1S/C24H22N2O4S/c1-16-7-6-8-18(13-16)14-26-15-25-22-20(23(26)27)17(2)21(31-22)24(28)30-12-11-29-19-9-4-3-5-10-19/h3-10,13,15H,11-12,14H2,1-2H3. The molecule has 4 aromatic rings. The summed E-state index contributed by atoms with van der Waals surface area (Å²) in [5, 5.41) is 0.465. The van der Waals surface area contributed by atoms with Crippen molar-refractivity contribution in [3.8, 4) is 5.75 Å². The highest BCUT2D eigenvalue weighted by Gasteiger charge is 2.20. The van der Waals surface area contributed by atoms with Crippen LogP contribution >= 0.6 is 11.3 Å². The van der Waals surface area contributed by atoms with Crippen molar-refractivity contribution in [1.82, 2.24) is 9.55 Å². The van der Waals surface area contributed by atoms with Gasteiger partial charge < -0.3 is 9.47 Å². The molecule has 0 spiro atoms. The van der Waals surface area contributed by atoms with Gasteiger partial charge in [0, 0.05) is 0 Å². The Balaban J connectivity index is 1.48. The van der Waals surface area contributed by atoms with E-state index >= 15 is 0 Å². The molecule has 31 heavy (non-hydrogen) atoms. The fourth-order valence-corrected chi connectivity index (χ4v) is 4.38. The van der Waals surface area contributed by atoms with Gasteiger partial charge in [0.05, 0.1) is 18.3 Å². The topological polar surface area (TPSA) is 70.4 Å². The molecule has 6 nitrogen and oxygen atoms in total. The predicted molar refractivity (Wildman–Crippen MR) is 121 cm³/mol. The summed E-state index contributed by atoms with van der Waals surface area (Å²) >= 11 is 1.18. The Labute approximate surface area is 183 Å². The molecule has 0 radical (unpaired) electrons. The second-order valence-corrected chi connectivity index (χ2v) is 8.20. The number of hydrogen-bond acceptors (Lipinski definition) is 6. The largest absolute Gasteiger partial charge is 0.490 e. The van der Waals surface area contributed by atoms with Gasteiger partial charge in [-0.25, -0.2) is 9.78 Å². The first kappa shape index (κ1) is 20.8. The average Bonchev–Trinajstić information content (AvgIpc) is 3.11. The van der Waals surface area contributed by atoms with Gasteiger partial charge in [0.25, 0.3) is 5.56 Å². The first-order valence-electron chi connectivity index (χ1n) is 9.92. The highest BCUT2D eigenvalue weighted by molar-refractivity contribution is 7.20. The summed E-state index contributed by atoms with van der Waals surface area (Å²) in [4.78, 5) is 31.0. The Bertz CT molecular complexity index is 1280. The van der Waals surface area contributed by atoms with E-state index in [0.717, 1.165) is 16.9 Å². The van der Waals surface area contributed by atoms with Crippen molar-refractivity contribution >= 4 is 27.5 Å². The zero-order valence-corrected chi connectivity index (χ0v) is 18.1. The van der Waals surface area contributed by atoms with Crippen molar-refractivity contribution in [2.24, 2.45) is 0 Å². The number of carbonyl (C=O) groups is 1. The Morgan fingerprint density at radius 1 is 1.06 bits per heavy atom. The summed E-state index contributed by atoms with van der Waals surface area (Å²) in [5.74, 6) is 0.247. The van der Waals surface area contributed by atoms with Gasteiger partial charge in [0.1, 0.15) is 28.7 Å². The number of nitrogens with zero attached hydrogens (tertiary/aromatic N) is 2. The number of fused-ring (bicyclic) bond motifs is 1. The van der Waals surface area contributed by atoms with Crippen LogP contribution in [0.1, 0.15) is 26.4 Å². The van der Waals surface area contributed by atoms with E-state index in [4.69, 9.17) is 9.47 Å². The number of aromatic nitrogens is 2. The van der Waals surface area contributed by atoms with Gasteiger partial charge in [-0.1, -0.05) is 48.0 Å². The molecule has 0 atom stereocenters. The Morgan fingerprint density at radius 2 is 1.87 bits per heavy atom. The number of thiophene rings is 1. The fraction of sp³-hybridized carbons (Fsp3) is 0.208. The van der Waals surface area contributed by atoms with E-state index in [-0.39, 0.29) is 18.8 Å². The molecule has 0 bridgehead atoms. The molecule has 0 aliphatic heterocycles. The van der Waals surface area contributed by atoms with Gasteiger partial charge >= 0.3 is 5.97 Å². The molecule has 2 aromatic heterocycles. The summed E-state index contributed by atoms with van der Waals surface area (Å²) < 4.78 is 12.5. The lowest BCUT2D eigenvalue weighted by molar-refractivity contribution is 0.0455. The molecule has 0 saturated carbocycles. The lowest BCUT2D eigenvalue weighted by Gasteiger charge is -2.07. The zero-order valence-electron chi connectivity index (χ0n) is 17.3. The third-order valence-corrected chi connectivity index (χ3v) is 6.05. The molecular weight excluding hydrogens is 412 g/mol. The molecule has 2 aromatic carbocycles. The third-order valence-electron chi connectivity index (χ3n) is 4.87. The van der Waals surface area contributed by atoms with Gasteiger partial charge in [-0.15, -0.1) is 11.3 Å². The van der Waals surface area contributed by atoms with E-state index in [1.165, 1.54) is 17.7 Å². The molecule has 0 aliphatic carbocycles. The van der Waals surface area contributed by atoms with Crippen LogP contribution in [0.3, 0.4) is 0 Å². The molecule has 0 N–H and O–H groups in total. The molecule has 4 rings (SSSR count). The smallest absolute Gasteiger partial charge is 0.348 e. The van der Waals surface area contributed by atoms with Crippen LogP contribution < -0.4 is 10.3 Å². The van der Waals surface area contributed by atoms with Crippen LogP contribution in [0, 0.1) is 13.8 Å². The number of rotatable bonds is 7. The van der Waals surface area contributed by atoms with E-state index in [1.807, 2.05) is 61.5 Å². The molecule has 0 saturated heterocycles. The quantitative estimate of drug-likeness (QED) is 0.319. The lowest BCUT2D eigenvalue weighted by Crippen LogP contribution is -2.21. The summed E-state index contributed by atoms with van der Waals surface area (Å²) in [6.45, 7) is 4.57. The van der Waals surface area contributed by atoms with Crippen LogP contribution in [-0.4, -0.2) is 28.7 Å². The Morgan fingerprint density at radius 3 is 2.65 bits per heavy atom. The van der Waals surface area contributed by atoms with E-state index in [9.17, 15) is 9.59 Å². The van der Waals surface area contributed by atoms with Crippen LogP contribution in [0.4, 0.5) is 0 Å². The summed E-state index contributed by atoms with van der Waals surface area (Å²) in [5.41, 5.74) is 2.60. The van der Waals surface area contributed by atoms with Crippen LogP contribution in [0.5, 0.6) is 5.75 Å². The Hall–Kier alpha value is -3.45. The van der Waals surface area contributed by atoms with Crippen LogP contribution in [-0.2, 0) is 11.3 Å². The third kappa shape index (κ3) is 4.67. The van der Waals surface area contributed by atoms with Gasteiger partial charge in [-0.3, -0.25) is 9.36 Å². The molecule has 158 valence electrons. The molecule has 0 aliphatic rings.